The van der Waals surface area contributed by atoms with Crippen LogP contribution in [0.25, 0.3) is 0 Å². The van der Waals surface area contributed by atoms with Gasteiger partial charge in [-0.15, -0.1) is 35.3 Å². The Morgan fingerprint density at radius 2 is 2.11 bits per heavy atom. The lowest BCUT2D eigenvalue weighted by molar-refractivity contribution is 0.684. The molecule has 1 aliphatic rings. The van der Waals surface area contributed by atoms with E-state index < -0.39 is 0 Å². The minimum atomic E-state index is 0. The molecule has 0 amide bonds. The van der Waals surface area contributed by atoms with E-state index in [0.717, 1.165) is 17.4 Å². The van der Waals surface area contributed by atoms with Crippen LogP contribution < -0.4 is 15.5 Å². The predicted molar refractivity (Wildman–Crippen MR) is 127 cm³/mol. The molecule has 0 aliphatic carbocycles. The Bertz CT molecular complexity index is 739. The lowest BCUT2D eigenvalue weighted by Gasteiger charge is -2.22. The van der Waals surface area contributed by atoms with Crippen molar-refractivity contribution in [2.24, 2.45) is 4.99 Å². The van der Waals surface area contributed by atoms with Gasteiger partial charge < -0.3 is 15.5 Å². The molecule has 0 bridgehead atoms. The highest BCUT2D eigenvalue weighted by molar-refractivity contribution is 14.0. The van der Waals surface area contributed by atoms with E-state index in [9.17, 15) is 0 Å². The van der Waals surface area contributed by atoms with Crippen LogP contribution in [0, 0.1) is 0 Å². The van der Waals surface area contributed by atoms with Gasteiger partial charge in [0, 0.05) is 36.9 Å². The molecule has 0 spiro atoms. The van der Waals surface area contributed by atoms with Gasteiger partial charge in [-0.2, -0.15) is 0 Å². The molecule has 1 aromatic carbocycles. The van der Waals surface area contributed by atoms with Crippen LogP contribution in [-0.4, -0.2) is 31.1 Å². The number of hydrogen-bond donors (Lipinski definition) is 2. The molecular formula is C20H30IN5S. The summed E-state index contributed by atoms with van der Waals surface area (Å²) in [6.45, 7) is 7.37. The fourth-order valence-corrected chi connectivity index (χ4v) is 4.00. The lowest BCUT2D eigenvalue weighted by atomic mass is 10.1. The van der Waals surface area contributed by atoms with Crippen LogP contribution in [0.15, 0.2) is 35.5 Å². The molecule has 1 fully saturated rings. The maximum Gasteiger partial charge on any atom is 0.191 e. The Labute approximate surface area is 183 Å². The minimum absolute atomic E-state index is 0. The van der Waals surface area contributed by atoms with Crippen LogP contribution in [0.5, 0.6) is 0 Å². The average Bonchev–Trinajstić information content (AvgIpc) is 3.36. The summed E-state index contributed by atoms with van der Waals surface area (Å²) in [6.07, 6.45) is 5.59. The smallest absolute Gasteiger partial charge is 0.191 e. The summed E-state index contributed by atoms with van der Waals surface area (Å²) >= 11 is 1.75. The standard InChI is InChI=1S/C20H29N5S.HI/c1-4-18-13-22-19(26-18)14-23-20(21-3)24-15(2)16-8-7-9-17(12-16)25-10-5-6-11-25;/h7-9,12-13,15H,4-6,10-11,14H2,1-3H3,(H2,21,23,24);1H. The van der Waals surface area contributed by atoms with Crippen molar-refractivity contribution in [3.8, 4) is 0 Å². The van der Waals surface area contributed by atoms with Crippen LogP contribution in [0.3, 0.4) is 0 Å². The van der Waals surface area contributed by atoms with Crippen molar-refractivity contribution < 1.29 is 0 Å². The number of benzene rings is 1. The van der Waals surface area contributed by atoms with Gasteiger partial charge in [-0.25, -0.2) is 4.98 Å². The molecule has 1 atom stereocenters. The number of thiazole rings is 1. The van der Waals surface area contributed by atoms with E-state index in [4.69, 9.17) is 0 Å². The maximum atomic E-state index is 4.45. The zero-order valence-corrected chi connectivity index (χ0v) is 19.5. The highest BCUT2D eigenvalue weighted by Crippen LogP contribution is 2.24. The van der Waals surface area contributed by atoms with Crippen molar-refractivity contribution in [3.63, 3.8) is 0 Å². The SMILES string of the molecule is CCc1cnc(CNC(=NC)NC(C)c2cccc(N3CCCC3)c2)s1.I. The Morgan fingerprint density at radius 3 is 2.78 bits per heavy atom. The predicted octanol–water partition coefficient (Wildman–Crippen LogP) is 4.35. The van der Waals surface area contributed by atoms with Crippen LogP contribution >= 0.6 is 35.3 Å². The van der Waals surface area contributed by atoms with Gasteiger partial charge in [0.1, 0.15) is 5.01 Å². The molecule has 7 heteroatoms. The number of aliphatic imine (C=N–C) groups is 1. The molecule has 3 rings (SSSR count). The van der Waals surface area contributed by atoms with Gasteiger partial charge in [-0.05, 0) is 43.9 Å². The number of anilines is 1. The van der Waals surface area contributed by atoms with Gasteiger partial charge >= 0.3 is 0 Å². The molecule has 2 heterocycles. The molecule has 5 nitrogen and oxygen atoms in total. The monoisotopic (exact) mass is 499 g/mol. The fraction of sp³-hybridized carbons (Fsp3) is 0.500. The van der Waals surface area contributed by atoms with Crippen molar-refractivity contribution in [2.75, 3.05) is 25.0 Å². The fourth-order valence-electron chi connectivity index (χ4n) is 3.20. The van der Waals surface area contributed by atoms with Gasteiger partial charge in [0.25, 0.3) is 0 Å². The molecule has 27 heavy (non-hydrogen) atoms. The summed E-state index contributed by atoms with van der Waals surface area (Å²) in [5, 5.41) is 7.95. The Balaban J connectivity index is 0.00000261. The third-order valence-electron chi connectivity index (χ3n) is 4.78. The van der Waals surface area contributed by atoms with Crippen molar-refractivity contribution in [3.05, 3.63) is 45.9 Å². The number of aryl methyl sites for hydroxylation is 1. The van der Waals surface area contributed by atoms with Crippen LogP contribution in [0.4, 0.5) is 5.69 Å². The number of nitrogens with zero attached hydrogens (tertiary/aromatic N) is 3. The first kappa shape index (κ1) is 21.9. The molecule has 148 valence electrons. The van der Waals surface area contributed by atoms with E-state index in [1.807, 2.05) is 13.2 Å². The summed E-state index contributed by atoms with van der Waals surface area (Å²) in [4.78, 5) is 12.6. The van der Waals surface area contributed by atoms with Gasteiger partial charge in [0.05, 0.1) is 12.6 Å². The van der Waals surface area contributed by atoms with Gasteiger partial charge in [-0.3, -0.25) is 4.99 Å². The van der Waals surface area contributed by atoms with Crippen LogP contribution in [-0.2, 0) is 13.0 Å². The summed E-state index contributed by atoms with van der Waals surface area (Å²) in [7, 11) is 1.81. The molecule has 1 aromatic heterocycles. The number of nitrogens with one attached hydrogen (secondary N) is 2. The number of hydrogen-bond acceptors (Lipinski definition) is 4. The first-order valence-corrected chi connectivity index (χ1v) is 10.3. The van der Waals surface area contributed by atoms with Crippen LogP contribution in [0.1, 0.15) is 48.2 Å². The first-order valence-electron chi connectivity index (χ1n) is 9.45. The summed E-state index contributed by atoms with van der Waals surface area (Å²) in [6, 6.07) is 9.02. The second kappa shape index (κ2) is 10.8. The van der Waals surface area contributed by atoms with E-state index >= 15 is 0 Å². The third-order valence-corrected chi connectivity index (χ3v) is 5.92. The van der Waals surface area contributed by atoms with E-state index in [1.54, 1.807) is 11.3 Å². The van der Waals surface area contributed by atoms with E-state index in [2.05, 4.69) is 63.6 Å². The summed E-state index contributed by atoms with van der Waals surface area (Å²) in [5.41, 5.74) is 2.60. The van der Waals surface area contributed by atoms with Crippen molar-refractivity contribution in [1.29, 1.82) is 0 Å². The molecule has 2 N–H and O–H groups in total. The molecule has 1 unspecified atom stereocenters. The topological polar surface area (TPSA) is 52.6 Å². The quantitative estimate of drug-likeness (QED) is 0.353. The molecule has 1 saturated heterocycles. The molecule has 0 radical (unpaired) electrons. The number of guanidine groups is 1. The zero-order valence-electron chi connectivity index (χ0n) is 16.4. The zero-order chi connectivity index (χ0) is 18.4. The van der Waals surface area contributed by atoms with E-state index in [1.165, 1.54) is 42.1 Å². The van der Waals surface area contributed by atoms with Gasteiger partial charge in [0.2, 0.25) is 0 Å². The molecule has 1 aliphatic heterocycles. The highest BCUT2D eigenvalue weighted by atomic mass is 127. The van der Waals surface area contributed by atoms with Crippen molar-refractivity contribution in [2.45, 2.75) is 45.7 Å². The number of rotatable bonds is 6. The molecule has 2 aromatic rings. The van der Waals surface area contributed by atoms with Gasteiger partial charge in [0.15, 0.2) is 5.96 Å². The Kier molecular flexibility index (Phi) is 8.82. The van der Waals surface area contributed by atoms with E-state index in [-0.39, 0.29) is 30.0 Å². The van der Waals surface area contributed by atoms with Gasteiger partial charge in [-0.1, -0.05) is 19.1 Å². The Morgan fingerprint density at radius 1 is 1.33 bits per heavy atom. The van der Waals surface area contributed by atoms with Crippen molar-refractivity contribution in [1.82, 2.24) is 15.6 Å². The number of halogens is 1. The second-order valence-electron chi connectivity index (χ2n) is 6.65. The molecular weight excluding hydrogens is 469 g/mol. The Hall–Kier alpha value is -1.35. The number of aromatic nitrogens is 1. The first-order chi connectivity index (χ1) is 12.7. The summed E-state index contributed by atoms with van der Waals surface area (Å²) in [5.74, 6) is 0.803. The second-order valence-corrected chi connectivity index (χ2v) is 7.85. The van der Waals surface area contributed by atoms with E-state index in [0.29, 0.717) is 6.54 Å². The molecule has 0 saturated carbocycles. The maximum absolute atomic E-state index is 4.45. The third kappa shape index (κ3) is 6.07. The van der Waals surface area contributed by atoms with Crippen LogP contribution in [0.2, 0.25) is 0 Å². The average molecular weight is 499 g/mol. The lowest BCUT2D eigenvalue weighted by Crippen LogP contribution is -2.38. The highest BCUT2D eigenvalue weighted by Gasteiger charge is 2.14. The summed E-state index contributed by atoms with van der Waals surface area (Å²) < 4.78 is 0. The normalized spacial score (nSPS) is 15.4. The largest absolute Gasteiger partial charge is 0.372 e. The van der Waals surface area contributed by atoms with Crippen molar-refractivity contribution >= 4 is 47.0 Å². The minimum Gasteiger partial charge on any atom is -0.372 e.